The van der Waals surface area contributed by atoms with Crippen molar-refractivity contribution in [2.45, 2.75) is 13.5 Å². The maximum absolute atomic E-state index is 11.9. The summed E-state index contributed by atoms with van der Waals surface area (Å²) in [6.07, 6.45) is 5.13. The highest BCUT2D eigenvalue weighted by Crippen LogP contribution is 2.05. The number of carbonyl (C=O) groups excluding carboxylic acids is 1. The van der Waals surface area contributed by atoms with Crippen molar-refractivity contribution in [1.29, 1.82) is 0 Å². The quantitative estimate of drug-likeness (QED) is 0.857. The van der Waals surface area contributed by atoms with Crippen LogP contribution in [0.25, 0.3) is 0 Å². The Balaban J connectivity index is 2.01. The van der Waals surface area contributed by atoms with E-state index in [0.29, 0.717) is 12.1 Å². The second kappa shape index (κ2) is 4.78. The molecule has 2 aromatic heterocycles. The number of amides is 1. The molecule has 5 nitrogen and oxygen atoms in total. The van der Waals surface area contributed by atoms with Gasteiger partial charge >= 0.3 is 0 Å². The van der Waals surface area contributed by atoms with E-state index in [9.17, 15) is 4.79 Å². The van der Waals surface area contributed by atoms with Crippen LogP contribution in [0, 0.1) is 6.92 Å². The second-order valence-corrected chi connectivity index (χ2v) is 3.84. The molecule has 5 heteroatoms. The first-order valence-corrected chi connectivity index (χ1v) is 5.34. The Labute approximate surface area is 99.5 Å². The number of aromatic nitrogens is 3. The first kappa shape index (κ1) is 11.3. The van der Waals surface area contributed by atoms with Crippen LogP contribution in [0.15, 0.2) is 30.7 Å². The summed E-state index contributed by atoms with van der Waals surface area (Å²) >= 11 is 0. The van der Waals surface area contributed by atoms with Crippen LogP contribution in [0.4, 0.5) is 0 Å². The topological polar surface area (TPSA) is 59.8 Å². The molecule has 17 heavy (non-hydrogen) atoms. The summed E-state index contributed by atoms with van der Waals surface area (Å²) in [5.74, 6) is -0.104. The number of hydrogen-bond acceptors (Lipinski definition) is 3. The van der Waals surface area contributed by atoms with Crippen LogP contribution in [0.1, 0.15) is 21.6 Å². The molecule has 0 aliphatic rings. The van der Waals surface area contributed by atoms with E-state index in [1.54, 1.807) is 30.3 Å². The number of aryl methyl sites for hydroxylation is 2. The van der Waals surface area contributed by atoms with Crippen molar-refractivity contribution in [2.75, 3.05) is 0 Å². The van der Waals surface area contributed by atoms with Crippen molar-refractivity contribution in [1.82, 2.24) is 20.1 Å². The fourth-order valence-electron chi connectivity index (χ4n) is 1.60. The Hall–Kier alpha value is -2.17. The molecule has 2 rings (SSSR count). The molecule has 0 bridgehead atoms. The predicted molar refractivity (Wildman–Crippen MR) is 63.4 cm³/mol. The van der Waals surface area contributed by atoms with Crippen LogP contribution < -0.4 is 5.32 Å². The molecule has 0 spiro atoms. The minimum Gasteiger partial charge on any atom is -0.348 e. The summed E-state index contributed by atoms with van der Waals surface area (Å²) in [5, 5.41) is 6.98. The number of pyridine rings is 1. The highest BCUT2D eigenvalue weighted by Gasteiger charge is 2.11. The Bertz CT molecular complexity index is 519. The highest BCUT2D eigenvalue weighted by atomic mass is 16.1. The van der Waals surface area contributed by atoms with Gasteiger partial charge in [-0.25, -0.2) is 0 Å². The Morgan fingerprint density at radius 2 is 2.12 bits per heavy atom. The lowest BCUT2D eigenvalue weighted by Crippen LogP contribution is -2.23. The molecule has 1 N–H and O–H groups in total. The van der Waals surface area contributed by atoms with Gasteiger partial charge in [0.05, 0.1) is 11.3 Å². The van der Waals surface area contributed by atoms with Crippen LogP contribution in [0.5, 0.6) is 0 Å². The lowest BCUT2D eigenvalue weighted by atomic mass is 10.2. The first-order valence-electron chi connectivity index (χ1n) is 5.34. The van der Waals surface area contributed by atoms with Crippen molar-refractivity contribution in [2.24, 2.45) is 7.05 Å². The highest BCUT2D eigenvalue weighted by molar-refractivity contribution is 5.94. The monoisotopic (exact) mass is 230 g/mol. The number of hydrogen-bond donors (Lipinski definition) is 1. The SMILES string of the molecule is Cc1nn(C)cc1C(=O)NCc1ccncc1. The molecule has 0 aliphatic heterocycles. The third kappa shape index (κ3) is 2.69. The summed E-state index contributed by atoms with van der Waals surface area (Å²) < 4.78 is 1.64. The summed E-state index contributed by atoms with van der Waals surface area (Å²) in [7, 11) is 1.80. The molecular weight excluding hydrogens is 216 g/mol. The van der Waals surface area contributed by atoms with Gasteiger partial charge in [-0.15, -0.1) is 0 Å². The molecule has 1 amide bonds. The molecule has 0 unspecified atom stereocenters. The van der Waals surface area contributed by atoms with E-state index in [4.69, 9.17) is 0 Å². The molecule has 0 aromatic carbocycles. The van der Waals surface area contributed by atoms with Crippen LogP contribution in [-0.4, -0.2) is 20.7 Å². The van der Waals surface area contributed by atoms with E-state index < -0.39 is 0 Å². The van der Waals surface area contributed by atoms with E-state index in [-0.39, 0.29) is 5.91 Å². The van der Waals surface area contributed by atoms with Gasteiger partial charge in [0.25, 0.3) is 5.91 Å². The molecule has 0 saturated carbocycles. The zero-order valence-electron chi connectivity index (χ0n) is 9.84. The van der Waals surface area contributed by atoms with Gasteiger partial charge in [0, 0.05) is 32.2 Å². The smallest absolute Gasteiger partial charge is 0.255 e. The molecule has 0 fully saturated rings. The summed E-state index contributed by atoms with van der Waals surface area (Å²) in [6, 6.07) is 3.74. The number of rotatable bonds is 3. The van der Waals surface area contributed by atoms with Crippen LogP contribution in [0.3, 0.4) is 0 Å². The minimum absolute atomic E-state index is 0.104. The lowest BCUT2D eigenvalue weighted by Gasteiger charge is -2.03. The Kier molecular flexibility index (Phi) is 3.18. The normalized spacial score (nSPS) is 10.2. The van der Waals surface area contributed by atoms with E-state index >= 15 is 0 Å². The third-order valence-corrected chi connectivity index (χ3v) is 2.46. The van der Waals surface area contributed by atoms with Crippen molar-refractivity contribution in [3.63, 3.8) is 0 Å². The predicted octanol–water partition coefficient (Wildman–Crippen LogP) is 1.05. The van der Waals surface area contributed by atoms with Gasteiger partial charge in [0.2, 0.25) is 0 Å². The van der Waals surface area contributed by atoms with Crippen molar-refractivity contribution in [3.05, 3.63) is 47.5 Å². The second-order valence-electron chi connectivity index (χ2n) is 3.84. The third-order valence-electron chi connectivity index (χ3n) is 2.46. The lowest BCUT2D eigenvalue weighted by molar-refractivity contribution is 0.0950. The molecule has 2 aromatic rings. The fourth-order valence-corrected chi connectivity index (χ4v) is 1.60. The zero-order chi connectivity index (χ0) is 12.3. The Morgan fingerprint density at radius 3 is 2.71 bits per heavy atom. The fraction of sp³-hybridized carbons (Fsp3) is 0.250. The van der Waals surface area contributed by atoms with Crippen molar-refractivity contribution < 1.29 is 4.79 Å². The maximum atomic E-state index is 11.9. The number of nitrogens with zero attached hydrogens (tertiary/aromatic N) is 3. The van der Waals surface area contributed by atoms with Gasteiger partial charge in [-0.3, -0.25) is 14.5 Å². The largest absolute Gasteiger partial charge is 0.348 e. The number of carbonyl (C=O) groups is 1. The molecule has 0 saturated heterocycles. The average Bonchev–Trinajstić information content (AvgIpc) is 2.67. The summed E-state index contributed by atoms with van der Waals surface area (Å²) in [6.45, 7) is 2.32. The molecule has 0 radical (unpaired) electrons. The molecular formula is C12H14N4O. The van der Waals surface area contributed by atoms with E-state index in [1.165, 1.54) is 0 Å². The molecule has 0 atom stereocenters. The van der Waals surface area contributed by atoms with Gasteiger partial charge in [-0.2, -0.15) is 5.10 Å². The van der Waals surface area contributed by atoms with Crippen molar-refractivity contribution >= 4 is 5.91 Å². The molecule has 2 heterocycles. The average molecular weight is 230 g/mol. The molecule has 88 valence electrons. The summed E-state index contributed by atoms with van der Waals surface area (Å²) in [4.78, 5) is 15.8. The van der Waals surface area contributed by atoms with E-state index in [0.717, 1.165) is 11.3 Å². The van der Waals surface area contributed by atoms with Crippen LogP contribution in [0.2, 0.25) is 0 Å². The van der Waals surface area contributed by atoms with Crippen LogP contribution in [-0.2, 0) is 13.6 Å². The first-order chi connectivity index (χ1) is 8.16. The van der Waals surface area contributed by atoms with E-state index in [1.807, 2.05) is 19.1 Å². The van der Waals surface area contributed by atoms with Gasteiger partial charge in [0.1, 0.15) is 0 Å². The van der Waals surface area contributed by atoms with Gasteiger partial charge < -0.3 is 5.32 Å². The van der Waals surface area contributed by atoms with Crippen molar-refractivity contribution in [3.8, 4) is 0 Å². The zero-order valence-corrected chi connectivity index (χ0v) is 9.84. The maximum Gasteiger partial charge on any atom is 0.255 e. The number of nitrogens with one attached hydrogen (secondary N) is 1. The minimum atomic E-state index is -0.104. The van der Waals surface area contributed by atoms with Crippen LogP contribution >= 0.6 is 0 Å². The van der Waals surface area contributed by atoms with Gasteiger partial charge in [-0.05, 0) is 24.6 Å². The molecule has 0 aliphatic carbocycles. The summed E-state index contributed by atoms with van der Waals surface area (Å²) in [5.41, 5.74) is 2.37. The Morgan fingerprint density at radius 1 is 1.41 bits per heavy atom. The van der Waals surface area contributed by atoms with Gasteiger partial charge in [-0.1, -0.05) is 0 Å². The standard InChI is InChI=1S/C12H14N4O/c1-9-11(8-16(2)15-9)12(17)14-7-10-3-5-13-6-4-10/h3-6,8H,7H2,1-2H3,(H,14,17). The van der Waals surface area contributed by atoms with Gasteiger partial charge in [0.15, 0.2) is 0 Å². The van der Waals surface area contributed by atoms with E-state index in [2.05, 4.69) is 15.4 Å².